The van der Waals surface area contributed by atoms with Gasteiger partial charge in [-0.25, -0.2) is 0 Å². The van der Waals surface area contributed by atoms with Gasteiger partial charge in [-0.05, 0) is 29.8 Å². The highest BCUT2D eigenvalue weighted by atomic mass is 79.9. The van der Waals surface area contributed by atoms with Gasteiger partial charge in [-0.2, -0.15) is 0 Å². The molecule has 0 saturated carbocycles. The summed E-state index contributed by atoms with van der Waals surface area (Å²) < 4.78 is 6.18. The molecule has 2 rings (SSSR count). The highest BCUT2D eigenvalue weighted by Crippen LogP contribution is 2.28. The van der Waals surface area contributed by atoms with Crippen molar-refractivity contribution >= 4 is 27.7 Å². The van der Waals surface area contributed by atoms with Crippen LogP contribution in [0.25, 0.3) is 0 Å². The van der Waals surface area contributed by atoms with Crippen LogP contribution in [0.3, 0.4) is 0 Å². The summed E-state index contributed by atoms with van der Waals surface area (Å²) in [4.78, 5) is 27.2. The Balaban J connectivity index is 2.12. The first-order valence-electron chi connectivity index (χ1n) is 6.22. The third-order valence-corrected chi connectivity index (χ3v) is 4.37. The molecular weight excluding hydrogens is 312 g/mol. The van der Waals surface area contributed by atoms with E-state index in [0.29, 0.717) is 43.3 Å². The second-order valence-electron chi connectivity index (χ2n) is 4.70. The summed E-state index contributed by atoms with van der Waals surface area (Å²) in [6, 6.07) is 0. The summed E-state index contributed by atoms with van der Waals surface area (Å²) in [5.74, 6) is 1.36. The summed E-state index contributed by atoms with van der Waals surface area (Å²) in [6.45, 7) is 7.47. The Morgan fingerprint density at radius 2 is 1.58 bits per heavy atom. The summed E-state index contributed by atoms with van der Waals surface area (Å²) in [6.07, 6.45) is 0. The number of nitrogens with zero attached hydrogens (tertiary/aromatic N) is 2. The zero-order valence-corrected chi connectivity index (χ0v) is 12.9. The minimum Gasteiger partial charge on any atom is -0.465 e. The fraction of sp³-hybridized carbons (Fsp3) is 0.538. The lowest BCUT2D eigenvalue weighted by molar-refractivity contribution is -0.130. The van der Waals surface area contributed by atoms with Gasteiger partial charge in [-0.15, -0.1) is 0 Å². The van der Waals surface area contributed by atoms with Crippen LogP contribution < -0.4 is 0 Å². The Morgan fingerprint density at radius 3 is 2.00 bits per heavy atom. The molecule has 5 nitrogen and oxygen atoms in total. The summed E-state index contributed by atoms with van der Waals surface area (Å²) in [5.41, 5.74) is 0.591. The van der Waals surface area contributed by atoms with Crippen molar-refractivity contribution in [3.63, 3.8) is 0 Å². The van der Waals surface area contributed by atoms with E-state index < -0.39 is 0 Å². The molecule has 0 unspecified atom stereocenters. The van der Waals surface area contributed by atoms with Crippen molar-refractivity contribution in [2.24, 2.45) is 0 Å². The van der Waals surface area contributed by atoms with E-state index in [-0.39, 0.29) is 11.8 Å². The van der Waals surface area contributed by atoms with Crippen LogP contribution in [0.15, 0.2) is 8.89 Å². The molecule has 0 spiro atoms. The first-order chi connectivity index (χ1) is 8.91. The Hall–Kier alpha value is -1.30. The summed E-state index contributed by atoms with van der Waals surface area (Å²) >= 11 is 3.40. The molecule has 0 radical (unpaired) electrons. The molecule has 19 heavy (non-hydrogen) atoms. The maximum atomic E-state index is 12.5. The lowest BCUT2D eigenvalue weighted by atomic mass is 10.2. The van der Waals surface area contributed by atoms with Gasteiger partial charge in [0.2, 0.25) is 5.91 Å². The van der Waals surface area contributed by atoms with Crippen molar-refractivity contribution in [2.45, 2.75) is 20.8 Å². The molecule has 1 aromatic heterocycles. The normalized spacial score (nSPS) is 15.8. The first-order valence-corrected chi connectivity index (χ1v) is 7.01. The number of hydrogen-bond acceptors (Lipinski definition) is 3. The van der Waals surface area contributed by atoms with Gasteiger partial charge < -0.3 is 14.2 Å². The van der Waals surface area contributed by atoms with Crippen LogP contribution in [0.2, 0.25) is 0 Å². The number of carbonyl (C=O) groups excluding carboxylic acids is 2. The second-order valence-corrected chi connectivity index (χ2v) is 5.49. The quantitative estimate of drug-likeness (QED) is 0.791. The molecule has 1 aliphatic rings. The van der Waals surface area contributed by atoms with Gasteiger partial charge in [-0.3, -0.25) is 9.59 Å². The predicted molar refractivity (Wildman–Crippen MR) is 74.0 cm³/mol. The van der Waals surface area contributed by atoms with Crippen LogP contribution in [-0.2, 0) is 4.79 Å². The Kier molecular flexibility index (Phi) is 3.99. The van der Waals surface area contributed by atoms with E-state index >= 15 is 0 Å². The van der Waals surface area contributed by atoms with Gasteiger partial charge in [0, 0.05) is 33.1 Å². The number of carbonyl (C=O) groups is 2. The average molecular weight is 329 g/mol. The molecule has 1 saturated heterocycles. The SMILES string of the molecule is CC(=O)N1CCN(C(=O)c2c(C)oc(C)c2Br)CC1. The van der Waals surface area contributed by atoms with Gasteiger partial charge in [0.1, 0.15) is 11.5 Å². The Labute approximate surface area is 120 Å². The smallest absolute Gasteiger partial charge is 0.258 e. The molecule has 0 aromatic carbocycles. The summed E-state index contributed by atoms with van der Waals surface area (Å²) in [5, 5.41) is 0. The maximum absolute atomic E-state index is 12.5. The molecule has 104 valence electrons. The predicted octanol–water partition coefficient (Wildman–Crippen LogP) is 1.96. The molecule has 1 aromatic rings. The monoisotopic (exact) mass is 328 g/mol. The van der Waals surface area contributed by atoms with Crippen molar-refractivity contribution in [2.75, 3.05) is 26.2 Å². The fourth-order valence-electron chi connectivity index (χ4n) is 2.28. The zero-order chi connectivity index (χ0) is 14.2. The molecule has 0 atom stereocenters. The van der Waals surface area contributed by atoms with E-state index in [1.54, 1.807) is 23.6 Å². The van der Waals surface area contributed by atoms with E-state index in [9.17, 15) is 9.59 Å². The van der Waals surface area contributed by atoms with Crippen LogP contribution >= 0.6 is 15.9 Å². The van der Waals surface area contributed by atoms with Gasteiger partial charge in [0.05, 0.1) is 10.0 Å². The van der Waals surface area contributed by atoms with E-state index in [1.807, 2.05) is 6.92 Å². The Bertz CT molecular complexity index is 516. The molecule has 1 fully saturated rings. The van der Waals surface area contributed by atoms with Gasteiger partial charge in [0.15, 0.2) is 0 Å². The molecule has 2 amide bonds. The standard InChI is InChI=1S/C13H17BrN2O3/c1-8-11(12(14)9(2)19-8)13(18)16-6-4-15(5-7-16)10(3)17/h4-7H2,1-3H3. The second kappa shape index (κ2) is 5.36. The van der Waals surface area contributed by atoms with Crippen LogP contribution in [0.1, 0.15) is 28.8 Å². The topological polar surface area (TPSA) is 53.8 Å². The minimum absolute atomic E-state index is 0.0376. The maximum Gasteiger partial charge on any atom is 0.258 e. The largest absolute Gasteiger partial charge is 0.465 e. The van der Waals surface area contributed by atoms with Crippen LogP contribution in [0.4, 0.5) is 0 Å². The molecular formula is C13H17BrN2O3. The highest BCUT2D eigenvalue weighted by Gasteiger charge is 2.28. The van der Waals surface area contributed by atoms with Gasteiger partial charge in [0.25, 0.3) is 5.91 Å². The molecule has 2 heterocycles. The van der Waals surface area contributed by atoms with E-state index in [4.69, 9.17) is 4.42 Å². The number of rotatable bonds is 1. The van der Waals surface area contributed by atoms with E-state index in [1.165, 1.54) is 0 Å². The van der Waals surface area contributed by atoms with Gasteiger partial charge in [-0.1, -0.05) is 0 Å². The van der Waals surface area contributed by atoms with Crippen molar-refractivity contribution in [3.8, 4) is 0 Å². The number of hydrogen-bond donors (Lipinski definition) is 0. The molecule has 6 heteroatoms. The Morgan fingerprint density at radius 1 is 1.05 bits per heavy atom. The van der Waals surface area contributed by atoms with Crippen LogP contribution in [0, 0.1) is 13.8 Å². The lowest BCUT2D eigenvalue weighted by Gasteiger charge is -2.34. The molecule has 1 aliphatic heterocycles. The van der Waals surface area contributed by atoms with Gasteiger partial charge >= 0.3 is 0 Å². The number of furan rings is 1. The number of aryl methyl sites for hydroxylation is 2. The van der Waals surface area contributed by atoms with E-state index in [0.717, 1.165) is 4.47 Å². The van der Waals surface area contributed by atoms with E-state index in [2.05, 4.69) is 15.9 Å². The molecule has 0 aliphatic carbocycles. The highest BCUT2D eigenvalue weighted by molar-refractivity contribution is 9.10. The van der Waals surface area contributed by atoms with Crippen molar-refractivity contribution in [3.05, 3.63) is 21.6 Å². The summed E-state index contributed by atoms with van der Waals surface area (Å²) in [7, 11) is 0. The van der Waals surface area contributed by atoms with Crippen molar-refractivity contribution < 1.29 is 14.0 Å². The lowest BCUT2D eigenvalue weighted by Crippen LogP contribution is -2.50. The van der Waals surface area contributed by atoms with Crippen molar-refractivity contribution in [1.29, 1.82) is 0 Å². The number of piperazine rings is 1. The van der Waals surface area contributed by atoms with Crippen LogP contribution in [0.5, 0.6) is 0 Å². The molecule has 0 bridgehead atoms. The first kappa shape index (κ1) is 14.1. The van der Waals surface area contributed by atoms with Crippen molar-refractivity contribution in [1.82, 2.24) is 9.80 Å². The zero-order valence-electron chi connectivity index (χ0n) is 11.3. The average Bonchev–Trinajstić information content (AvgIpc) is 2.62. The third kappa shape index (κ3) is 2.68. The minimum atomic E-state index is -0.0376. The molecule has 0 N–H and O–H groups in total. The van der Waals surface area contributed by atoms with Crippen LogP contribution in [-0.4, -0.2) is 47.8 Å². The number of halogens is 1. The fourth-order valence-corrected chi connectivity index (χ4v) is 2.81. The third-order valence-electron chi connectivity index (χ3n) is 3.41. The number of amides is 2.